The summed E-state index contributed by atoms with van der Waals surface area (Å²) >= 11 is 0. The van der Waals surface area contributed by atoms with Crippen LogP contribution in [0, 0.1) is 17.8 Å². The summed E-state index contributed by atoms with van der Waals surface area (Å²) in [4.78, 5) is 16.9. The van der Waals surface area contributed by atoms with E-state index in [-0.39, 0.29) is 5.91 Å². The molecule has 180 valence electrons. The number of likely N-dealkylation sites (tertiary alicyclic amines) is 1. The van der Waals surface area contributed by atoms with Crippen LogP contribution in [-0.2, 0) is 4.79 Å². The van der Waals surface area contributed by atoms with Crippen LogP contribution in [0.3, 0.4) is 0 Å². The maximum absolute atomic E-state index is 12.6. The number of amides is 1. The minimum atomic E-state index is -4.11. The Labute approximate surface area is 192 Å². The number of carbonyl (C=O) groups excluding carboxylic acids is 1. The second-order valence-electron chi connectivity index (χ2n) is 9.72. The molecule has 2 heterocycles. The number of allylic oxidation sites excluding steroid dienone is 1. The molecule has 33 heavy (non-hydrogen) atoms. The summed E-state index contributed by atoms with van der Waals surface area (Å²) in [6, 6.07) is 5.77. The molecule has 2 N–H and O–H groups in total. The highest BCUT2D eigenvalue weighted by Crippen LogP contribution is 2.43. The number of rotatable bonds is 9. The molecule has 4 rings (SSSR count). The second kappa shape index (κ2) is 9.79. The van der Waals surface area contributed by atoms with Gasteiger partial charge in [-0.15, -0.1) is 6.58 Å². The summed E-state index contributed by atoms with van der Waals surface area (Å²) in [6.45, 7) is 6.65. The fraction of sp³-hybridized carbons (Fsp3) is 0.560. The highest BCUT2D eigenvalue weighted by Gasteiger charge is 2.43. The molecule has 1 aromatic heterocycles. The van der Waals surface area contributed by atoms with Gasteiger partial charge in [0.15, 0.2) is 0 Å². The van der Waals surface area contributed by atoms with Gasteiger partial charge in [0.25, 0.3) is 0 Å². The third-order valence-electron chi connectivity index (χ3n) is 6.83. The zero-order valence-corrected chi connectivity index (χ0v) is 19.0. The van der Waals surface area contributed by atoms with Gasteiger partial charge in [-0.05, 0) is 68.6 Å². The minimum absolute atomic E-state index is 0.0502. The zero-order chi connectivity index (χ0) is 23.6. The first-order chi connectivity index (χ1) is 15.7. The van der Waals surface area contributed by atoms with E-state index in [0.717, 1.165) is 47.2 Å². The Morgan fingerprint density at radius 3 is 2.64 bits per heavy atom. The van der Waals surface area contributed by atoms with Crippen molar-refractivity contribution in [2.24, 2.45) is 17.8 Å². The van der Waals surface area contributed by atoms with Gasteiger partial charge in [0.2, 0.25) is 5.91 Å². The lowest BCUT2D eigenvalue weighted by atomic mass is 10.0. The van der Waals surface area contributed by atoms with Crippen LogP contribution in [0.15, 0.2) is 36.5 Å². The lowest BCUT2D eigenvalue weighted by molar-refractivity contribution is -0.144. The van der Waals surface area contributed by atoms with Crippen molar-refractivity contribution in [3.63, 3.8) is 0 Å². The number of H-pyrrole nitrogens is 1. The highest BCUT2D eigenvalue weighted by molar-refractivity contribution is 6.02. The Balaban J connectivity index is 1.25. The molecule has 1 saturated heterocycles. The van der Waals surface area contributed by atoms with Crippen LogP contribution in [0.2, 0.25) is 0 Å². The van der Waals surface area contributed by atoms with Crippen LogP contribution in [0.1, 0.15) is 39.0 Å². The van der Waals surface area contributed by atoms with E-state index in [0.29, 0.717) is 50.3 Å². The third-order valence-corrected chi connectivity index (χ3v) is 6.83. The number of fused-ring (bicyclic) bond motifs is 2. The Morgan fingerprint density at radius 2 is 1.97 bits per heavy atom. The number of aromatic amines is 1. The standard InChI is InChI=1S/C25H32F3N3O2/c1-16(2)3-6-24(32)30-23-12-29-22-5-4-20(11-21(22)23)33-8-7-17-9-18-13-31(14-19(18)10-17)15-25(26,27)28/h4-5,11-12,17-19,29H,1,3,6-10,13-15H2,2H3,(H,30,32)/t17-,18-,19+. The number of nitrogens with zero attached hydrogens (tertiary/aromatic N) is 1. The molecule has 2 aromatic rings. The smallest absolute Gasteiger partial charge is 0.401 e. The van der Waals surface area contributed by atoms with E-state index in [1.807, 2.05) is 25.1 Å². The van der Waals surface area contributed by atoms with Crippen LogP contribution in [-0.4, -0.2) is 48.2 Å². The minimum Gasteiger partial charge on any atom is -0.494 e. The molecule has 0 radical (unpaired) electrons. The van der Waals surface area contributed by atoms with Gasteiger partial charge in [-0.25, -0.2) is 0 Å². The third kappa shape index (κ3) is 6.31. The molecule has 2 fully saturated rings. The molecule has 0 bridgehead atoms. The van der Waals surface area contributed by atoms with Gasteiger partial charge in [-0.2, -0.15) is 13.2 Å². The number of alkyl halides is 3. The van der Waals surface area contributed by atoms with Crippen LogP contribution in [0.5, 0.6) is 5.75 Å². The molecule has 1 aliphatic heterocycles. The van der Waals surface area contributed by atoms with Crippen molar-refractivity contribution in [1.82, 2.24) is 9.88 Å². The van der Waals surface area contributed by atoms with E-state index < -0.39 is 12.7 Å². The first-order valence-corrected chi connectivity index (χ1v) is 11.6. The highest BCUT2D eigenvalue weighted by atomic mass is 19.4. The van der Waals surface area contributed by atoms with Crippen LogP contribution >= 0.6 is 0 Å². The maximum atomic E-state index is 12.6. The summed E-state index contributed by atoms with van der Waals surface area (Å²) in [5, 5.41) is 3.85. The summed E-state index contributed by atoms with van der Waals surface area (Å²) < 4.78 is 43.9. The van der Waals surface area contributed by atoms with Gasteiger partial charge < -0.3 is 15.0 Å². The quantitative estimate of drug-likeness (QED) is 0.466. The molecule has 3 atom stereocenters. The van der Waals surface area contributed by atoms with E-state index in [4.69, 9.17) is 4.74 Å². The Kier molecular flexibility index (Phi) is 7.02. The first kappa shape index (κ1) is 23.7. The number of halogens is 3. The average molecular weight is 464 g/mol. The summed E-state index contributed by atoms with van der Waals surface area (Å²) in [7, 11) is 0. The molecule has 8 heteroatoms. The molecule has 2 aliphatic rings. The van der Waals surface area contributed by atoms with Gasteiger partial charge in [-0.1, -0.05) is 5.57 Å². The van der Waals surface area contributed by atoms with E-state index in [1.54, 1.807) is 11.1 Å². The normalized spacial score (nSPS) is 23.1. The number of anilines is 1. The van der Waals surface area contributed by atoms with Crippen molar-refractivity contribution in [1.29, 1.82) is 0 Å². The van der Waals surface area contributed by atoms with Crippen molar-refractivity contribution in [2.75, 3.05) is 31.6 Å². The number of benzene rings is 1. The Bertz CT molecular complexity index is 986. The number of aromatic nitrogens is 1. The van der Waals surface area contributed by atoms with Crippen LogP contribution in [0.25, 0.3) is 10.9 Å². The lowest BCUT2D eigenvalue weighted by Crippen LogP contribution is -2.33. The fourth-order valence-corrected chi connectivity index (χ4v) is 5.32. The Hall–Kier alpha value is -2.48. The monoisotopic (exact) mass is 463 g/mol. The first-order valence-electron chi connectivity index (χ1n) is 11.6. The molecule has 1 aliphatic carbocycles. The van der Waals surface area contributed by atoms with Gasteiger partial charge in [0.1, 0.15) is 5.75 Å². The predicted molar refractivity (Wildman–Crippen MR) is 123 cm³/mol. The van der Waals surface area contributed by atoms with Gasteiger partial charge in [0.05, 0.1) is 18.8 Å². The molecular formula is C25H32F3N3O2. The molecule has 1 amide bonds. The topological polar surface area (TPSA) is 57.4 Å². The van der Waals surface area contributed by atoms with Crippen molar-refractivity contribution < 1.29 is 22.7 Å². The van der Waals surface area contributed by atoms with E-state index in [2.05, 4.69) is 16.9 Å². The predicted octanol–water partition coefficient (Wildman–Crippen LogP) is 5.75. The van der Waals surface area contributed by atoms with Gasteiger partial charge in [-0.3, -0.25) is 9.69 Å². The van der Waals surface area contributed by atoms with Crippen LogP contribution < -0.4 is 10.1 Å². The number of ether oxygens (including phenoxy) is 1. The number of carbonyl (C=O) groups is 1. The number of hydrogen-bond donors (Lipinski definition) is 2. The summed E-state index contributed by atoms with van der Waals surface area (Å²) in [5.74, 6) is 1.96. The molecule has 5 nitrogen and oxygen atoms in total. The summed E-state index contributed by atoms with van der Waals surface area (Å²) in [6.07, 6.45) is 1.61. The van der Waals surface area contributed by atoms with Crippen molar-refractivity contribution >= 4 is 22.5 Å². The van der Waals surface area contributed by atoms with E-state index >= 15 is 0 Å². The lowest BCUT2D eigenvalue weighted by Gasteiger charge is -2.20. The Morgan fingerprint density at radius 1 is 1.24 bits per heavy atom. The van der Waals surface area contributed by atoms with Crippen molar-refractivity contribution in [3.8, 4) is 5.75 Å². The average Bonchev–Trinajstić information content (AvgIpc) is 3.38. The van der Waals surface area contributed by atoms with Gasteiger partial charge >= 0.3 is 6.18 Å². The maximum Gasteiger partial charge on any atom is 0.401 e. The SMILES string of the molecule is C=C(C)CCC(=O)Nc1c[nH]c2ccc(OCC[C@@H]3C[C@@H]4CN(CC(F)(F)F)C[C@@H]4C3)cc12. The summed E-state index contributed by atoms with van der Waals surface area (Å²) in [5.41, 5.74) is 2.63. The largest absolute Gasteiger partial charge is 0.494 e. The molecule has 1 aromatic carbocycles. The van der Waals surface area contributed by atoms with Crippen molar-refractivity contribution in [3.05, 3.63) is 36.5 Å². The van der Waals surface area contributed by atoms with E-state index in [9.17, 15) is 18.0 Å². The van der Waals surface area contributed by atoms with Crippen LogP contribution in [0.4, 0.5) is 18.9 Å². The zero-order valence-electron chi connectivity index (χ0n) is 19.0. The second-order valence-corrected chi connectivity index (χ2v) is 9.72. The molecule has 1 saturated carbocycles. The van der Waals surface area contributed by atoms with Gasteiger partial charge in [0, 0.05) is 36.6 Å². The number of hydrogen-bond acceptors (Lipinski definition) is 3. The molecular weight excluding hydrogens is 431 g/mol. The fourth-order valence-electron chi connectivity index (χ4n) is 5.32. The molecule has 0 unspecified atom stereocenters. The molecule has 0 spiro atoms. The van der Waals surface area contributed by atoms with E-state index in [1.165, 1.54) is 0 Å². The van der Waals surface area contributed by atoms with Crippen molar-refractivity contribution in [2.45, 2.75) is 45.2 Å². The number of nitrogens with one attached hydrogen (secondary N) is 2.